The van der Waals surface area contributed by atoms with Gasteiger partial charge in [0.1, 0.15) is 5.76 Å². The van der Waals surface area contributed by atoms with E-state index in [2.05, 4.69) is 30.7 Å². The molecule has 1 saturated heterocycles. The number of carbonyl (C=O) groups excluding carboxylic acids is 2. The molecule has 0 bridgehead atoms. The van der Waals surface area contributed by atoms with E-state index in [-0.39, 0.29) is 16.7 Å². The summed E-state index contributed by atoms with van der Waals surface area (Å²) in [5.74, 6) is -1.66. The number of thiazole rings is 1. The average molecular weight is 420 g/mol. The molecule has 2 aromatic heterocycles. The molecule has 1 aliphatic rings. The first kappa shape index (κ1) is 20.0. The van der Waals surface area contributed by atoms with E-state index in [9.17, 15) is 14.7 Å². The highest BCUT2D eigenvalue weighted by Gasteiger charge is 2.48. The van der Waals surface area contributed by atoms with Gasteiger partial charge in [0.2, 0.25) is 0 Å². The number of aromatic nitrogens is 2. The number of amides is 1. The fourth-order valence-corrected chi connectivity index (χ4v) is 4.18. The summed E-state index contributed by atoms with van der Waals surface area (Å²) >= 11 is 1.27. The highest BCUT2D eigenvalue weighted by molar-refractivity contribution is 7.14. The van der Waals surface area contributed by atoms with E-state index in [1.165, 1.54) is 28.6 Å². The molecule has 3 aromatic rings. The van der Waals surface area contributed by atoms with E-state index in [0.29, 0.717) is 10.7 Å². The van der Waals surface area contributed by atoms with Crippen LogP contribution in [0.5, 0.6) is 0 Å². The Morgan fingerprint density at radius 1 is 1.03 bits per heavy atom. The van der Waals surface area contributed by atoms with E-state index in [1.54, 1.807) is 23.7 Å². The Morgan fingerprint density at radius 3 is 2.27 bits per heavy atom. The van der Waals surface area contributed by atoms with Crippen LogP contribution in [0.3, 0.4) is 0 Å². The fourth-order valence-electron chi connectivity index (χ4n) is 3.51. The number of aliphatic hydroxyl groups is 1. The van der Waals surface area contributed by atoms with Crippen molar-refractivity contribution in [2.24, 2.45) is 0 Å². The summed E-state index contributed by atoms with van der Waals surface area (Å²) in [6, 6.07) is 10.2. The van der Waals surface area contributed by atoms with Gasteiger partial charge in [0.15, 0.2) is 5.13 Å². The van der Waals surface area contributed by atoms with Gasteiger partial charge in [-0.3, -0.25) is 19.5 Å². The number of aliphatic hydroxyl groups excluding tert-OH is 1. The molecule has 1 unspecified atom stereocenters. The number of carbonyl (C=O) groups is 2. The SMILES string of the molecule is CC(C)(C)c1ccc(C2/C(=C(\O)c3ccncc3)C(=O)C(=O)N2c2nccs2)cc1. The van der Waals surface area contributed by atoms with E-state index < -0.39 is 17.7 Å². The molecule has 1 amide bonds. The molecule has 3 heterocycles. The summed E-state index contributed by atoms with van der Waals surface area (Å²) in [4.78, 5) is 35.5. The molecular formula is C23H21N3O3S. The number of Topliss-reactive ketones (excluding diaryl/α,β-unsaturated/α-hetero) is 1. The Kier molecular flexibility index (Phi) is 4.99. The number of nitrogens with zero attached hydrogens (tertiary/aromatic N) is 3. The van der Waals surface area contributed by atoms with Crippen LogP contribution in [0.2, 0.25) is 0 Å². The molecule has 0 spiro atoms. The Labute approximate surface area is 178 Å². The van der Waals surface area contributed by atoms with E-state index in [4.69, 9.17) is 0 Å². The quantitative estimate of drug-likeness (QED) is 0.385. The van der Waals surface area contributed by atoms with Crippen molar-refractivity contribution in [2.45, 2.75) is 32.2 Å². The average Bonchev–Trinajstić information content (AvgIpc) is 3.35. The Hall–Kier alpha value is -3.32. The smallest absolute Gasteiger partial charge is 0.301 e. The number of hydrogen-bond donors (Lipinski definition) is 1. The highest BCUT2D eigenvalue weighted by Crippen LogP contribution is 2.43. The second kappa shape index (κ2) is 7.50. The van der Waals surface area contributed by atoms with Crippen molar-refractivity contribution in [2.75, 3.05) is 4.90 Å². The molecule has 1 N–H and O–H groups in total. The lowest BCUT2D eigenvalue weighted by atomic mass is 9.85. The van der Waals surface area contributed by atoms with Crippen molar-refractivity contribution in [3.8, 4) is 0 Å². The first-order valence-electron chi connectivity index (χ1n) is 9.50. The molecule has 30 heavy (non-hydrogen) atoms. The number of ketones is 1. The van der Waals surface area contributed by atoms with E-state index >= 15 is 0 Å². The highest BCUT2D eigenvalue weighted by atomic mass is 32.1. The molecule has 152 valence electrons. The van der Waals surface area contributed by atoms with Crippen molar-refractivity contribution in [1.82, 2.24) is 9.97 Å². The summed E-state index contributed by atoms with van der Waals surface area (Å²) < 4.78 is 0. The number of anilines is 1. The molecule has 0 aliphatic carbocycles. The minimum atomic E-state index is -0.765. The van der Waals surface area contributed by atoms with Gasteiger partial charge in [0.05, 0.1) is 11.6 Å². The predicted octanol–water partition coefficient (Wildman–Crippen LogP) is 4.46. The summed E-state index contributed by atoms with van der Waals surface area (Å²) in [6.45, 7) is 6.35. The molecule has 1 aromatic carbocycles. The normalized spacial score (nSPS) is 18.8. The maximum atomic E-state index is 13.0. The molecule has 7 heteroatoms. The fraction of sp³-hybridized carbons (Fsp3) is 0.217. The Morgan fingerprint density at radius 2 is 1.70 bits per heavy atom. The van der Waals surface area contributed by atoms with Crippen molar-refractivity contribution in [1.29, 1.82) is 0 Å². The van der Waals surface area contributed by atoms with Crippen molar-refractivity contribution < 1.29 is 14.7 Å². The van der Waals surface area contributed by atoms with Crippen molar-refractivity contribution >= 4 is 33.9 Å². The molecule has 4 rings (SSSR count). The third-order valence-electron chi connectivity index (χ3n) is 5.12. The van der Waals surface area contributed by atoms with Crippen LogP contribution in [0.25, 0.3) is 5.76 Å². The van der Waals surface area contributed by atoms with Crippen LogP contribution in [0.4, 0.5) is 5.13 Å². The van der Waals surface area contributed by atoms with Gasteiger partial charge in [-0.2, -0.15) is 0 Å². The molecule has 1 fully saturated rings. The summed E-state index contributed by atoms with van der Waals surface area (Å²) in [5.41, 5.74) is 2.30. The van der Waals surface area contributed by atoms with Crippen LogP contribution < -0.4 is 4.90 Å². The topological polar surface area (TPSA) is 83.4 Å². The largest absolute Gasteiger partial charge is 0.507 e. The van der Waals surface area contributed by atoms with Gasteiger partial charge in [-0.25, -0.2) is 4.98 Å². The van der Waals surface area contributed by atoms with Crippen LogP contribution in [-0.2, 0) is 15.0 Å². The summed E-state index contributed by atoms with van der Waals surface area (Å²) in [5, 5.41) is 13.1. The van der Waals surface area contributed by atoms with E-state index in [1.807, 2.05) is 24.3 Å². The molecule has 0 saturated carbocycles. The Balaban J connectivity index is 1.90. The minimum Gasteiger partial charge on any atom is -0.507 e. The molecule has 1 aliphatic heterocycles. The van der Waals surface area contributed by atoms with Crippen LogP contribution in [0.15, 0.2) is 65.9 Å². The van der Waals surface area contributed by atoms with Crippen LogP contribution in [-0.4, -0.2) is 26.8 Å². The monoisotopic (exact) mass is 419 g/mol. The third-order valence-corrected chi connectivity index (χ3v) is 5.89. The van der Waals surface area contributed by atoms with Gasteiger partial charge >= 0.3 is 5.91 Å². The molecule has 1 atom stereocenters. The van der Waals surface area contributed by atoms with Crippen LogP contribution in [0.1, 0.15) is 43.5 Å². The molecular weight excluding hydrogens is 398 g/mol. The van der Waals surface area contributed by atoms with Gasteiger partial charge in [0.25, 0.3) is 5.78 Å². The lowest BCUT2D eigenvalue weighted by Crippen LogP contribution is -2.29. The second-order valence-corrected chi connectivity index (χ2v) is 8.96. The number of rotatable bonds is 3. The number of benzene rings is 1. The van der Waals surface area contributed by atoms with Crippen LogP contribution in [0, 0.1) is 0 Å². The second-order valence-electron chi connectivity index (χ2n) is 8.09. The zero-order valence-corrected chi connectivity index (χ0v) is 17.7. The van der Waals surface area contributed by atoms with Gasteiger partial charge in [0, 0.05) is 29.5 Å². The van der Waals surface area contributed by atoms with Gasteiger partial charge in [-0.05, 0) is 28.7 Å². The number of hydrogen-bond acceptors (Lipinski definition) is 6. The predicted molar refractivity (Wildman–Crippen MR) is 116 cm³/mol. The third kappa shape index (κ3) is 3.41. The zero-order valence-electron chi connectivity index (χ0n) is 16.9. The minimum absolute atomic E-state index is 0.0350. The van der Waals surface area contributed by atoms with Crippen molar-refractivity contribution in [3.63, 3.8) is 0 Å². The van der Waals surface area contributed by atoms with Crippen molar-refractivity contribution in [3.05, 3.63) is 82.6 Å². The molecule has 0 radical (unpaired) electrons. The maximum Gasteiger partial charge on any atom is 0.301 e. The summed E-state index contributed by atoms with van der Waals surface area (Å²) in [7, 11) is 0. The molecule has 6 nitrogen and oxygen atoms in total. The zero-order chi connectivity index (χ0) is 21.5. The summed E-state index contributed by atoms with van der Waals surface area (Å²) in [6.07, 6.45) is 4.64. The first-order chi connectivity index (χ1) is 14.3. The van der Waals surface area contributed by atoms with Gasteiger partial charge in [-0.15, -0.1) is 11.3 Å². The lowest BCUT2D eigenvalue weighted by molar-refractivity contribution is -0.132. The maximum absolute atomic E-state index is 13.0. The standard InChI is InChI=1S/C23H21N3O3S/c1-23(2,3)16-6-4-14(5-7-16)18-17(19(27)15-8-10-24-11-9-15)20(28)21(29)26(18)22-25-12-13-30-22/h4-13,18,27H,1-3H3/b19-17+. The first-order valence-corrected chi connectivity index (χ1v) is 10.4. The number of pyridine rings is 1. The van der Waals surface area contributed by atoms with Gasteiger partial charge < -0.3 is 5.11 Å². The van der Waals surface area contributed by atoms with Crippen LogP contribution >= 0.6 is 11.3 Å². The lowest BCUT2D eigenvalue weighted by Gasteiger charge is -2.24. The Bertz CT molecular complexity index is 1110. The van der Waals surface area contributed by atoms with E-state index in [0.717, 1.165) is 11.1 Å². The van der Waals surface area contributed by atoms with Gasteiger partial charge in [-0.1, -0.05) is 45.0 Å².